The van der Waals surface area contributed by atoms with Crippen molar-refractivity contribution in [1.29, 1.82) is 0 Å². The van der Waals surface area contributed by atoms with E-state index in [0.29, 0.717) is 38.1 Å². The van der Waals surface area contributed by atoms with Crippen molar-refractivity contribution in [3.8, 4) is 0 Å². The molecular weight excluding hydrogens is 381 g/mol. The quantitative estimate of drug-likeness (QED) is 0.821. The Kier molecular flexibility index (Phi) is 4.82. The molecule has 0 bridgehead atoms. The number of likely N-dealkylation sites (tertiary alicyclic amines) is 1. The largest absolute Gasteiger partial charge is 0.447 e. The van der Waals surface area contributed by atoms with Gasteiger partial charge in [0.25, 0.3) is 0 Å². The fraction of sp³-hybridized carbons (Fsp3) is 0.556. The standard InChI is InChI=1S/C18H19F3N2O5/c19-11-3-14(20)13(15(21)4-11)6-26-5-10-1-12(2-10)28-17(25)23-7-18(8-23)9-27-16(24)22-18/h3-4,10,12H,1-2,5-9H2,(H,22,24)/t10-,12+. The Morgan fingerprint density at radius 2 is 1.93 bits per heavy atom. The van der Waals surface area contributed by atoms with Crippen LogP contribution in [0.25, 0.3) is 0 Å². The molecule has 1 aromatic rings. The second-order valence-electron chi connectivity index (χ2n) is 7.54. The lowest BCUT2D eigenvalue weighted by Crippen LogP contribution is -2.70. The van der Waals surface area contributed by atoms with Gasteiger partial charge in [0.1, 0.15) is 35.7 Å². The van der Waals surface area contributed by atoms with Gasteiger partial charge < -0.3 is 24.4 Å². The Balaban J connectivity index is 1.13. The predicted octanol–water partition coefficient (Wildman–Crippen LogP) is 2.33. The SMILES string of the molecule is O=C1NC2(CO1)CN(C(=O)O[C@H]1C[C@@H](COCc3c(F)cc(F)cc3F)C1)C2. The number of carbonyl (C=O) groups is 2. The summed E-state index contributed by atoms with van der Waals surface area (Å²) in [5.74, 6) is -2.81. The van der Waals surface area contributed by atoms with E-state index in [-0.39, 0.29) is 37.4 Å². The molecule has 10 heteroatoms. The van der Waals surface area contributed by atoms with Crippen molar-refractivity contribution in [1.82, 2.24) is 10.2 Å². The molecular formula is C18H19F3N2O5. The number of hydrogen-bond donors (Lipinski definition) is 1. The lowest BCUT2D eigenvalue weighted by Gasteiger charge is -2.46. The minimum absolute atomic E-state index is 0.120. The maximum absolute atomic E-state index is 13.5. The van der Waals surface area contributed by atoms with Crippen LogP contribution in [0, 0.1) is 23.4 Å². The van der Waals surface area contributed by atoms with E-state index < -0.39 is 35.2 Å². The molecule has 2 saturated heterocycles. The molecule has 0 aromatic heterocycles. The van der Waals surface area contributed by atoms with Gasteiger partial charge in [-0.2, -0.15) is 0 Å². The zero-order chi connectivity index (χ0) is 19.9. The van der Waals surface area contributed by atoms with Crippen molar-refractivity contribution in [2.45, 2.75) is 31.1 Å². The summed E-state index contributed by atoms with van der Waals surface area (Å²) < 4.78 is 55.5. The molecule has 1 aromatic carbocycles. The predicted molar refractivity (Wildman–Crippen MR) is 87.8 cm³/mol. The molecule has 3 fully saturated rings. The number of nitrogens with zero attached hydrogens (tertiary/aromatic N) is 1. The Bertz CT molecular complexity index is 770. The van der Waals surface area contributed by atoms with Gasteiger partial charge in [-0.05, 0) is 18.8 Å². The average Bonchev–Trinajstić information content (AvgIpc) is 2.95. The number of benzene rings is 1. The zero-order valence-corrected chi connectivity index (χ0v) is 14.9. The molecule has 1 aliphatic carbocycles. The molecule has 2 aliphatic heterocycles. The lowest BCUT2D eigenvalue weighted by atomic mass is 9.83. The minimum atomic E-state index is -0.978. The van der Waals surface area contributed by atoms with Crippen LogP contribution in [0.1, 0.15) is 18.4 Å². The van der Waals surface area contributed by atoms with Gasteiger partial charge in [0.15, 0.2) is 0 Å². The molecule has 2 amide bonds. The fourth-order valence-electron chi connectivity index (χ4n) is 3.64. The van der Waals surface area contributed by atoms with Crippen LogP contribution in [-0.4, -0.2) is 55.0 Å². The Morgan fingerprint density at radius 3 is 2.54 bits per heavy atom. The van der Waals surface area contributed by atoms with Crippen molar-refractivity contribution < 1.29 is 37.0 Å². The number of rotatable bonds is 5. The molecule has 0 radical (unpaired) electrons. The van der Waals surface area contributed by atoms with Crippen molar-refractivity contribution in [3.05, 3.63) is 35.1 Å². The molecule has 1 N–H and O–H groups in total. The lowest BCUT2D eigenvalue weighted by molar-refractivity contribution is -0.0494. The average molecular weight is 400 g/mol. The van der Waals surface area contributed by atoms with Crippen LogP contribution < -0.4 is 5.32 Å². The topological polar surface area (TPSA) is 77.1 Å². The normalized spacial score (nSPS) is 25.0. The van der Waals surface area contributed by atoms with Crippen LogP contribution in [0.5, 0.6) is 0 Å². The van der Waals surface area contributed by atoms with Crippen molar-refractivity contribution in [2.24, 2.45) is 5.92 Å². The number of hydrogen-bond acceptors (Lipinski definition) is 5. The Morgan fingerprint density at radius 1 is 1.25 bits per heavy atom. The third-order valence-corrected chi connectivity index (χ3v) is 5.26. The van der Waals surface area contributed by atoms with Crippen LogP contribution in [-0.2, 0) is 20.8 Å². The first-order valence-electron chi connectivity index (χ1n) is 8.95. The van der Waals surface area contributed by atoms with Gasteiger partial charge in [0, 0.05) is 17.7 Å². The van der Waals surface area contributed by atoms with Crippen LogP contribution in [0.2, 0.25) is 0 Å². The molecule has 3 aliphatic rings. The van der Waals surface area contributed by atoms with Crippen LogP contribution in [0.3, 0.4) is 0 Å². The van der Waals surface area contributed by atoms with Gasteiger partial charge in [0.2, 0.25) is 0 Å². The highest BCUT2D eigenvalue weighted by Gasteiger charge is 2.52. The van der Waals surface area contributed by atoms with Gasteiger partial charge in [0.05, 0.1) is 26.3 Å². The van der Waals surface area contributed by atoms with Crippen LogP contribution in [0.4, 0.5) is 22.8 Å². The van der Waals surface area contributed by atoms with Gasteiger partial charge in [-0.15, -0.1) is 0 Å². The van der Waals surface area contributed by atoms with Crippen molar-refractivity contribution >= 4 is 12.2 Å². The van der Waals surface area contributed by atoms with Gasteiger partial charge in [-0.25, -0.2) is 22.8 Å². The molecule has 0 atom stereocenters. The second kappa shape index (κ2) is 7.16. The monoisotopic (exact) mass is 400 g/mol. The van der Waals surface area contributed by atoms with Gasteiger partial charge >= 0.3 is 12.2 Å². The summed E-state index contributed by atoms with van der Waals surface area (Å²) in [7, 11) is 0. The molecule has 7 nitrogen and oxygen atoms in total. The van der Waals surface area contributed by atoms with Crippen molar-refractivity contribution in [3.63, 3.8) is 0 Å². The highest BCUT2D eigenvalue weighted by Crippen LogP contribution is 2.33. The number of carbonyl (C=O) groups excluding carboxylic acids is 2. The first-order valence-corrected chi connectivity index (χ1v) is 8.95. The third-order valence-electron chi connectivity index (χ3n) is 5.26. The molecule has 1 saturated carbocycles. The second-order valence-corrected chi connectivity index (χ2v) is 7.54. The Labute approximate surface area is 158 Å². The summed E-state index contributed by atoms with van der Waals surface area (Å²) in [4.78, 5) is 24.7. The zero-order valence-electron chi connectivity index (χ0n) is 14.9. The summed E-state index contributed by atoms with van der Waals surface area (Å²) in [6, 6.07) is 1.23. The molecule has 152 valence electrons. The summed E-state index contributed by atoms with van der Waals surface area (Å²) in [5, 5.41) is 2.69. The summed E-state index contributed by atoms with van der Waals surface area (Å²) in [6.07, 6.45) is 0.0472. The number of amides is 2. The highest BCUT2D eigenvalue weighted by atomic mass is 19.1. The van der Waals surface area contributed by atoms with E-state index in [4.69, 9.17) is 14.2 Å². The first-order chi connectivity index (χ1) is 13.3. The Hall–Kier alpha value is -2.49. The van der Waals surface area contributed by atoms with Crippen LogP contribution >= 0.6 is 0 Å². The number of cyclic esters (lactones) is 1. The van der Waals surface area contributed by atoms with E-state index in [0.717, 1.165) is 0 Å². The smallest absolute Gasteiger partial charge is 0.410 e. The van der Waals surface area contributed by atoms with E-state index in [1.54, 1.807) is 0 Å². The number of alkyl carbamates (subject to hydrolysis) is 1. The first kappa shape index (κ1) is 18.9. The fourth-order valence-corrected chi connectivity index (χ4v) is 3.64. The molecule has 2 heterocycles. The molecule has 0 unspecified atom stereocenters. The van der Waals surface area contributed by atoms with E-state index in [1.165, 1.54) is 4.90 Å². The highest BCUT2D eigenvalue weighted by molar-refractivity contribution is 5.74. The van der Waals surface area contributed by atoms with E-state index >= 15 is 0 Å². The maximum Gasteiger partial charge on any atom is 0.410 e. The molecule has 28 heavy (non-hydrogen) atoms. The van der Waals surface area contributed by atoms with Gasteiger partial charge in [-0.1, -0.05) is 0 Å². The van der Waals surface area contributed by atoms with E-state index in [1.807, 2.05) is 0 Å². The van der Waals surface area contributed by atoms with E-state index in [2.05, 4.69) is 5.32 Å². The van der Waals surface area contributed by atoms with E-state index in [9.17, 15) is 22.8 Å². The number of nitrogens with one attached hydrogen (secondary N) is 1. The summed E-state index contributed by atoms with van der Waals surface area (Å²) in [6.45, 7) is 0.925. The van der Waals surface area contributed by atoms with Crippen LogP contribution in [0.15, 0.2) is 12.1 Å². The summed E-state index contributed by atoms with van der Waals surface area (Å²) in [5.41, 5.74) is -0.796. The maximum atomic E-state index is 13.5. The summed E-state index contributed by atoms with van der Waals surface area (Å²) >= 11 is 0. The van der Waals surface area contributed by atoms with Gasteiger partial charge in [-0.3, -0.25) is 0 Å². The third kappa shape index (κ3) is 3.73. The molecule has 4 rings (SSSR count). The minimum Gasteiger partial charge on any atom is -0.447 e. The number of halogens is 3. The molecule has 1 spiro atoms. The number of ether oxygens (including phenoxy) is 3. The van der Waals surface area contributed by atoms with Crippen molar-refractivity contribution in [2.75, 3.05) is 26.3 Å².